The molecule has 1 aliphatic heterocycles. The molecule has 1 heterocycles. The topological polar surface area (TPSA) is 58.6 Å². The SMILES string of the molecule is CCOc1ccccc1CNC(=O)CCCN1C(=O)c2cccc3cccc1c23. The zero-order valence-corrected chi connectivity index (χ0v) is 16.5. The Morgan fingerprint density at radius 3 is 2.66 bits per heavy atom. The number of nitrogens with zero attached hydrogens (tertiary/aromatic N) is 1. The van der Waals surface area contributed by atoms with Gasteiger partial charge < -0.3 is 15.0 Å². The Balaban J connectivity index is 1.33. The van der Waals surface area contributed by atoms with E-state index in [-0.39, 0.29) is 11.8 Å². The molecule has 5 nitrogen and oxygen atoms in total. The Kier molecular flexibility index (Phi) is 5.47. The molecule has 0 aliphatic carbocycles. The van der Waals surface area contributed by atoms with Crippen molar-refractivity contribution in [2.45, 2.75) is 26.3 Å². The highest BCUT2D eigenvalue weighted by Gasteiger charge is 2.28. The highest BCUT2D eigenvalue weighted by Crippen LogP contribution is 2.37. The molecule has 5 heteroatoms. The molecule has 4 rings (SSSR count). The van der Waals surface area contributed by atoms with Crippen molar-refractivity contribution in [3.8, 4) is 5.75 Å². The standard InChI is InChI=1S/C24H24N2O3/c1-2-29-21-13-4-3-8-18(21)16-25-22(27)14-7-15-26-20-12-6-10-17-9-5-11-19(23(17)20)24(26)28/h3-6,8-13H,2,7,14-16H2,1H3,(H,25,27). The molecule has 3 aromatic carbocycles. The molecule has 3 aromatic rings. The van der Waals surface area contributed by atoms with Crippen LogP contribution in [0.3, 0.4) is 0 Å². The predicted octanol–water partition coefficient (Wildman–Crippen LogP) is 4.30. The van der Waals surface area contributed by atoms with Gasteiger partial charge in [-0.1, -0.05) is 42.5 Å². The van der Waals surface area contributed by atoms with E-state index in [9.17, 15) is 9.59 Å². The number of carbonyl (C=O) groups excluding carboxylic acids is 2. The van der Waals surface area contributed by atoms with Crippen LogP contribution in [0.4, 0.5) is 5.69 Å². The van der Waals surface area contributed by atoms with Gasteiger partial charge in [-0.05, 0) is 36.9 Å². The number of para-hydroxylation sites is 1. The van der Waals surface area contributed by atoms with E-state index in [1.807, 2.05) is 67.6 Å². The van der Waals surface area contributed by atoms with Gasteiger partial charge >= 0.3 is 0 Å². The maximum atomic E-state index is 12.8. The molecule has 2 amide bonds. The number of benzene rings is 3. The van der Waals surface area contributed by atoms with E-state index in [0.29, 0.717) is 32.5 Å². The Bertz CT molecular complexity index is 1060. The molecule has 0 unspecified atom stereocenters. The fraction of sp³-hybridized carbons (Fsp3) is 0.250. The predicted molar refractivity (Wildman–Crippen MR) is 114 cm³/mol. The van der Waals surface area contributed by atoms with Crippen LogP contribution in [-0.4, -0.2) is 25.0 Å². The minimum Gasteiger partial charge on any atom is -0.494 e. The summed E-state index contributed by atoms with van der Waals surface area (Å²) in [6.45, 7) is 3.48. The van der Waals surface area contributed by atoms with Gasteiger partial charge in [-0.25, -0.2) is 0 Å². The van der Waals surface area contributed by atoms with E-state index in [1.54, 1.807) is 4.90 Å². The van der Waals surface area contributed by atoms with Crippen molar-refractivity contribution >= 4 is 28.3 Å². The van der Waals surface area contributed by atoms with Gasteiger partial charge in [-0.2, -0.15) is 0 Å². The molecule has 0 saturated carbocycles. The quantitative estimate of drug-likeness (QED) is 0.626. The van der Waals surface area contributed by atoms with E-state index in [2.05, 4.69) is 5.32 Å². The van der Waals surface area contributed by atoms with E-state index in [1.165, 1.54) is 0 Å². The highest BCUT2D eigenvalue weighted by atomic mass is 16.5. The van der Waals surface area contributed by atoms with Crippen molar-refractivity contribution in [3.63, 3.8) is 0 Å². The van der Waals surface area contributed by atoms with Gasteiger partial charge in [0.1, 0.15) is 5.75 Å². The molecule has 0 spiro atoms. The summed E-state index contributed by atoms with van der Waals surface area (Å²) in [5, 5.41) is 5.03. The van der Waals surface area contributed by atoms with Gasteiger partial charge in [-0.3, -0.25) is 9.59 Å². The summed E-state index contributed by atoms with van der Waals surface area (Å²) >= 11 is 0. The first kappa shape index (κ1) is 19.0. The van der Waals surface area contributed by atoms with Crippen molar-refractivity contribution < 1.29 is 14.3 Å². The lowest BCUT2D eigenvalue weighted by atomic mass is 10.1. The average Bonchev–Trinajstić information content (AvgIpc) is 3.01. The minimum absolute atomic E-state index is 0.0165. The summed E-state index contributed by atoms with van der Waals surface area (Å²) in [5.74, 6) is 0.783. The van der Waals surface area contributed by atoms with Crippen LogP contribution in [0, 0.1) is 0 Å². The third-order valence-corrected chi connectivity index (χ3v) is 5.18. The molecule has 0 bridgehead atoms. The van der Waals surface area contributed by atoms with Gasteiger partial charge in [0.15, 0.2) is 0 Å². The summed E-state index contributed by atoms with van der Waals surface area (Å²) in [7, 11) is 0. The number of carbonyl (C=O) groups is 2. The Labute approximate surface area is 170 Å². The van der Waals surface area contributed by atoms with Crippen molar-refractivity contribution in [2.75, 3.05) is 18.1 Å². The van der Waals surface area contributed by atoms with Gasteiger partial charge in [0.25, 0.3) is 5.91 Å². The number of anilines is 1. The number of nitrogens with one attached hydrogen (secondary N) is 1. The van der Waals surface area contributed by atoms with Crippen LogP contribution in [0.1, 0.15) is 35.7 Å². The summed E-state index contributed by atoms with van der Waals surface area (Å²) in [5.41, 5.74) is 2.64. The second kappa shape index (κ2) is 8.35. The lowest BCUT2D eigenvalue weighted by Crippen LogP contribution is -2.29. The van der Waals surface area contributed by atoms with E-state index >= 15 is 0 Å². The smallest absolute Gasteiger partial charge is 0.258 e. The number of ether oxygens (including phenoxy) is 1. The first-order chi connectivity index (χ1) is 14.2. The molecule has 0 aromatic heterocycles. The summed E-state index contributed by atoms with van der Waals surface area (Å²) < 4.78 is 5.59. The van der Waals surface area contributed by atoms with Gasteiger partial charge in [0.2, 0.25) is 5.91 Å². The molecular weight excluding hydrogens is 364 g/mol. The van der Waals surface area contributed by atoms with Gasteiger partial charge in [0.05, 0.1) is 12.3 Å². The summed E-state index contributed by atoms with van der Waals surface area (Å²) in [6.07, 6.45) is 0.974. The number of hydrogen-bond donors (Lipinski definition) is 1. The molecule has 29 heavy (non-hydrogen) atoms. The van der Waals surface area contributed by atoms with Crippen LogP contribution in [-0.2, 0) is 11.3 Å². The van der Waals surface area contributed by atoms with Crippen LogP contribution in [0.25, 0.3) is 10.8 Å². The van der Waals surface area contributed by atoms with E-state index in [4.69, 9.17) is 4.74 Å². The Morgan fingerprint density at radius 1 is 1.03 bits per heavy atom. The lowest BCUT2D eigenvalue weighted by molar-refractivity contribution is -0.121. The van der Waals surface area contributed by atoms with Crippen LogP contribution in [0.2, 0.25) is 0 Å². The Morgan fingerprint density at radius 2 is 1.83 bits per heavy atom. The Hall–Kier alpha value is -3.34. The first-order valence-corrected chi connectivity index (χ1v) is 10.00. The molecular formula is C24H24N2O3. The van der Waals surface area contributed by atoms with E-state index < -0.39 is 0 Å². The van der Waals surface area contributed by atoms with Crippen LogP contribution in [0.5, 0.6) is 5.75 Å². The van der Waals surface area contributed by atoms with Gasteiger partial charge in [-0.15, -0.1) is 0 Å². The number of amides is 2. The number of rotatable bonds is 8. The average molecular weight is 388 g/mol. The largest absolute Gasteiger partial charge is 0.494 e. The van der Waals surface area contributed by atoms with Crippen molar-refractivity contribution in [3.05, 3.63) is 71.8 Å². The van der Waals surface area contributed by atoms with Crippen LogP contribution >= 0.6 is 0 Å². The second-order valence-electron chi connectivity index (χ2n) is 7.06. The lowest BCUT2D eigenvalue weighted by Gasteiger charge is -2.17. The normalized spacial score (nSPS) is 12.4. The summed E-state index contributed by atoms with van der Waals surface area (Å²) in [6, 6.07) is 19.5. The van der Waals surface area contributed by atoms with Crippen molar-refractivity contribution in [2.24, 2.45) is 0 Å². The zero-order chi connectivity index (χ0) is 20.2. The van der Waals surface area contributed by atoms with Crippen molar-refractivity contribution in [1.29, 1.82) is 0 Å². The highest BCUT2D eigenvalue weighted by molar-refractivity contribution is 6.25. The molecule has 0 atom stereocenters. The molecule has 1 N–H and O–H groups in total. The first-order valence-electron chi connectivity index (χ1n) is 10.00. The zero-order valence-electron chi connectivity index (χ0n) is 16.5. The second-order valence-corrected chi connectivity index (χ2v) is 7.06. The van der Waals surface area contributed by atoms with Crippen LogP contribution < -0.4 is 15.0 Å². The molecule has 0 saturated heterocycles. The third kappa shape index (κ3) is 3.81. The maximum Gasteiger partial charge on any atom is 0.258 e. The van der Waals surface area contributed by atoms with Gasteiger partial charge in [0, 0.05) is 36.0 Å². The van der Waals surface area contributed by atoms with Crippen molar-refractivity contribution in [1.82, 2.24) is 5.32 Å². The van der Waals surface area contributed by atoms with E-state index in [0.717, 1.165) is 33.3 Å². The third-order valence-electron chi connectivity index (χ3n) is 5.18. The maximum absolute atomic E-state index is 12.8. The molecule has 0 radical (unpaired) electrons. The minimum atomic E-state index is -0.0290. The summed E-state index contributed by atoms with van der Waals surface area (Å²) in [4.78, 5) is 26.9. The fourth-order valence-electron chi connectivity index (χ4n) is 3.83. The molecule has 0 fully saturated rings. The molecule has 1 aliphatic rings. The number of hydrogen-bond acceptors (Lipinski definition) is 3. The van der Waals surface area contributed by atoms with Crippen LogP contribution in [0.15, 0.2) is 60.7 Å². The monoisotopic (exact) mass is 388 g/mol. The molecule has 148 valence electrons. The fourth-order valence-corrected chi connectivity index (χ4v) is 3.83.